The molecule has 0 saturated heterocycles. The summed E-state index contributed by atoms with van der Waals surface area (Å²) >= 11 is 1.86. The van der Waals surface area contributed by atoms with E-state index in [0.717, 1.165) is 17.8 Å². The lowest BCUT2D eigenvalue weighted by Gasteiger charge is -2.31. The van der Waals surface area contributed by atoms with Crippen LogP contribution in [0.15, 0.2) is 18.3 Å². The average Bonchev–Trinajstić information content (AvgIpc) is 2.53. The maximum Gasteiger partial charge on any atom is 0.315 e. The van der Waals surface area contributed by atoms with Crippen LogP contribution in [0.1, 0.15) is 31.2 Å². The Morgan fingerprint density at radius 1 is 1.41 bits per heavy atom. The number of thioether (sulfide) groups is 1. The zero-order valence-electron chi connectivity index (χ0n) is 13.6. The SMILES string of the molecule is CS[C@@H]1CCCC[C@H]1NC(=O)NCc1cccnc1N(C)C. The molecule has 0 unspecified atom stereocenters. The molecule has 2 amide bonds. The summed E-state index contributed by atoms with van der Waals surface area (Å²) < 4.78 is 0. The van der Waals surface area contributed by atoms with E-state index in [-0.39, 0.29) is 12.1 Å². The number of carbonyl (C=O) groups excluding carboxylic acids is 1. The molecule has 1 heterocycles. The number of pyridine rings is 1. The van der Waals surface area contributed by atoms with Crippen LogP contribution in [-0.2, 0) is 6.54 Å². The molecule has 0 spiro atoms. The summed E-state index contributed by atoms with van der Waals surface area (Å²) in [7, 11) is 3.91. The molecule has 2 N–H and O–H groups in total. The first-order valence-corrected chi connectivity index (χ1v) is 9.09. The van der Waals surface area contributed by atoms with Crippen molar-refractivity contribution in [3.8, 4) is 0 Å². The molecular weight excluding hydrogens is 296 g/mol. The molecule has 1 aromatic rings. The van der Waals surface area contributed by atoms with E-state index >= 15 is 0 Å². The second-order valence-corrected chi connectivity index (χ2v) is 6.95. The van der Waals surface area contributed by atoms with Crippen molar-refractivity contribution in [2.24, 2.45) is 0 Å². The molecule has 22 heavy (non-hydrogen) atoms. The van der Waals surface area contributed by atoms with Crippen molar-refractivity contribution in [3.05, 3.63) is 23.9 Å². The first kappa shape index (κ1) is 16.9. The summed E-state index contributed by atoms with van der Waals surface area (Å²) in [5.41, 5.74) is 1.02. The topological polar surface area (TPSA) is 57.3 Å². The maximum absolute atomic E-state index is 12.2. The molecular formula is C16H26N4OS. The number of anilines is 1. The van der Waals surface area contributed by atoms with Gasteiger partial charge in [-0.25, -0.2) is 9.78 Å². The van der Waals surface area contributed by atoms with Gasteiger partial charge in [-0.05, 0) is 25.2 Å². The van der Waals surface area contributed by atoms with Gasteiger partial charge in [0.25, 0.3) is 0 Å². The van der Waals surface area contributed by atoms with E-state index in [1.54, 1.807) is 6.20 Å². The molecule has 122 valence electrons. The number of amides is 2. The second kappa shape index (κ2) is 8.27. The minimum Gasteiger partial charge on any atom is -0.362 e. The van der Waals surface area contributed by atoms with Crippen molar-refractivity contribution < 1.29 is 4.79 Å². The molecule has 5 nitrogen and oxygen atoms in total. The van der Waals surface area contributed by atoms with E-state index in [2.05, 4.69) is 21.9 Å². The van der Waals surface area contributed by atoms with Crippen molar-refractivity contribution in [3.63, 3.8) is 0 Å². The fourth-order valence-corrected chi connectivity index (χ4v) is 3.84. The number of hydrogen-bond donors (Lipinski definition) is 2. The van der Waals surface area contributed by atoms with E-state index in [1.807, 2.05) is 42.9 Å². The molecule has 2 rings (SSSR count). The smallest absolute Gasteiger partial charge is 0.315 e. The van der Waals surface area contributed by atoms with Crippen molar-refractivity contribution >= 4 is 23.6 Å². The maximum atomic E-state index is 12.2. The number of carbonyl (C=O) groups is 1. The Bertz CT molecular complexity index is 495. The van der Waals surface area contributed by atoms with Crippen LogP contribution in [0.5, 0.6) is 0 Å². The number of aromatic nitrogens is 1. The fraction of sp³-hybridized carbons (Fsp3) is 0.625. The van der Waals surface area contributed by atoms with Gasteiger partial charge in [0.05, 0.1) is 0 Å². The van der Waals surface area contributed by atoms with Gasteiger partial charge in [0.2, 0.25) is 0 Å². The quantitative estimate of drug-likeness (QED) is 0.875. The zero-order chi connectivity index (χ0) is 15.9. The van der Waals surface area contributed by atoms with E-state index in [1.165, 1.54) is 19.3 Å². The van der Waals surface area contributed by atoms with Gasteiger partial charge in [0.1, 0.15) is 5.82 Å². The second-order valence-electron chi connectivity index (χ2n) is 5.87. The highest BCUT2D eigenvalue weighted by Crippen LogP contribution is 2.27. The van der Waals surface area contributed by atoms with E-state index in [4.69, 9.17) is 0 Å². The third-order valence-corrected chi connectivity index (χ3v) is 5.22. The summed E-state index contributed by atoms with van der Waals surface area (Å²) in [6.45, 7) is 0.490. The van der Waals surface area contributed by atoms with Crippen LogP contribution < -0.4 is 15.5 Å². The lowest BCUT2D eigenvalue weighted by Crippen LogP contribution is -2.47. The lowest BCUT2D eigenvalue weighted by atomic mass is 9.95. The Morgan fingerprint density at radius 2 is 2.18 bits per heavy atom. The number of urea groups is 1. The molecule has 1 fully saturated rings. The largest absolute Gasteiger partial charge is 0.362 e. The fourth-order valence-electron chi connectivity index (χ4n) is 2.91. The highest BCUT2D eigenvalue weighted by molar-refractivity contribution is 7.99. The number of hydrogen-bond acceptors (Lipinski definition) is 4. The van der Waals surface area contributed by atoms with Crippen molar-refractivity contribution in [2.45, 2.75) is 43.5 Å². The van der Waals surface area contributed by atoms with Crippen LogP contribution in [0.25, 0.3) is 0 Å². The molecule has 1 aliphatic rings. The Labute approximate surface area is 137 Å². The van der Waals surface area contributed by atoms with Crippen molar-refractivity contribution in [2.75, 3.05) is 25.3 Å². The predicted octanol–water partition coefficient (Wildman–Crippen LogP) is 2.62. The minimum atomic E-state index is -0.0838. The summed E-state index contributed by atoms with van der Waals surface area (Å²) in [4.78, 5) is 18.5. The van der Waals surface area contributed by atoms with Gasteiger partial charge in [-0.2, -0.15) is 11.8 Å². The van der Waals surface area contributed by atoms with Crippen molar-refractivity contribution in [1.29, 1.82) is 0 Å². The van der Waals surface area contributed by atoms with Gasteiger partial charge >= 0.3 is 6.03 Å². The van der Waals surface area contributed by atoms with Gasteiger partial charge < -0.3 is 15.5 Å². The van der Waals surface area contributed by atoms with Gasteiger partial charge in [0.15, 0.2) is 0 Å². The highest BCUT2D eigenvalue weighted by atomic mass is 32.2. The van der Waals surface area contributed by atoms with Crippen LogP contribution in [0.4, 0.5) is 10.6 Å². The molecule has 2 atom stereocenters. The summed E-state index contributed by atoms with van der Waals surface area (Å²) in [5, 5.41) is 6.63. The van der Waals surface area contributed by atoms with E-state index in [9.17, 15) is 4.79 Å². The summed E-state index contributed by atoms with van der Waals surface area (Å²) in [6.07, 6.45) is 8.64. The van der Waals surface area contributed by atoms with Crippen LogP contribution in [0.3, 0.4) is 0 Å². The Kier molecular flexibility index (Phi) is 6.36. The zero-order valence-corrected chi connectivity index (χ0v) is 14.4. The molecule has 1 aliphatic carbocycles. The number of rotatable bonds is 5. The van der Waals surface area contributed by atoms with E-state index < -0.39 is 0 Å². The van der Waals surface area contributed by atoms with Crippen LogP contribution in [0, 0.1) is 0 Å². The molecule has 0 aliphatic heterocycles. The van der Waals surface area contributed by atoms with Crippen molar-refractivity contribution in [1.82, 2.24) is 15.6 Å². The van der Waals surface area contributed by atoms with Gasteiger partial charge in [-0.15, -0.1) is 0 Å². The first-order valence-electron chi connectivity index (χ1n) is 7.80. The molecule has 6 heteroatoms. The third kappa shape index (κ3) is 4.53. The standard InChI is InChI=1S/C16H26N4OS/c1-20(2)15-12(7-6-10-17-15)11-18-16(21)19-13-8-4-5-9-14(13)22-3/h6-7,10,13-14H,4-5,8-9,11H2,1-3H3,(H2,18,19,21)/t13-,14-/m1/s1. The molecule has 0 radical (unpaired) electrons. The summed E-state index contributed by atoms with van der Waals surface area (Å²) in [5.74, 6) is 0.891. The molecule has 0 bridgehead atoms. The van der Waals surface area contributed by atoms with Crippen LogP contribution in [-0.4, -0.2) is 42.7 Å². The Balaban J connectivity index is 1.87. The first-order chi connectivity index (χ1) is 10.6. The predicted molar refractivity (Wildman–Crippen MR) is 93.5 cm³/mol. The molecule has 1 saturated carbocycles. The van der Waals surface area contributed by atoms with Gasteiger partial charge in [0, 0.05) is 43.7 Å². The number of nitrogens with one attached hydrogen (secondary N) is 2. The Morgan fingerprint density at radius 3 is 2.91 bits per heavy atom. The monoisotopic (exact) mass is 322 g/mol. The van der Waals surface area contributed by atoms with Crippen LogP contribution >= 0.6 is 11.8 Å². The minimum absolute atomic E-state index is 0.0838. The van der Waals surface area contributed by atoms with Gasteiger partial charge in [-0.3, -0.25) is 0 Å². The highest BCUT2D eigenvalue weighted by Gasteiger charge is 2.25. The Hall–Kier alpha value is -1.43. The van der Waals surface area contributed by atoms with Crippen LogP contribution in [0.2, 0.25) is 0 Å². The number of nitrogens with zero attached hydrogens (tertiary/aromatic N) is 2. The summed E-state index contributed by atoms with van der Waals surface area (Å²) in [6, 6.07) is 4.09. The normalized spacial score (nSPS) is 21.2. The van der Waals surface area contributed by atoms with E-state index in [0.29, 0.717) is 11.8 Å². The lowest BCUT2D eigenvalue weighted by molar-refractivity contribution is 0.233. The third-order valence-electron chi connectivity index (χ3n) is 4.05. The molecule has 0 aromatic carbocycles. The average molecular weight is 322 g/mol. The molecule has 1 aromatic heterocycles. The van der Waals surface area contributed by atoms with Gasteiger partial charge in [-0.1, -0.05) is 18.9 Å².